The fourth-order valence-electron chi connectivity index (χ4n) is 1.93. The lowest BCUT2D eigenvalue weighted by Crippen LogP contribution is -2.11. The third kappa shape index (κ3) is 3.58. The van der Waals surface area contributed by atoms with E-state index >= 15 is 0 Å². The molecule has 118 valence electrons. The van der Waals surface area contributed by atoms with Crippen molar-refractivity contribution in [3.8, 4) is 0 Å². The molecule has 0 unspecified atom stereocenters. The number of rotatable bonds is 3. The van der Waals surface area contributed by atoms with Crippen LogP contribution < -0.4 is 10.5 Å². The van der Waals surface area contributed by atoms with Gasteiger partial charge in [-0.1, -0.05) is 33.3 Å². The molecule has 0 saturated carbocycles. The highest BCUT2D eigenvalue weighted by atomic mass is 79.9. The summed E-state index contributed by atoms with van der Waals surface area (Å²) in [5.41, 5.74) is 1.08. The number of halogens is 1. The summed E-state index contributed by atoms with van der Waals surface area (Å²) in [5, 5.41) is 8.19. The predicted octanol–water partition coefficient (Wildman–Crippen LogP) is 2.96. The van der Waals surface area contributed by atoms with Gasteiger partial charge in [0.1, 0.15) is 0 Å². The van der Waals surface area contributed by atoms with Crippen molar-refractivity contribution in [3.63, 3.8) is 0 Å². The fourth-order valence-corrected chi connectivity index (χ4v) is 3.85. The first-order valence-electron chi connectivity index (χ1n) is 6.33. The van der Waals surface area contributed by atoms with E-state index in [0.29, 0.717) is 20.9 Å². The second-order valence-electron chi connectivity index (χ2n) is 4.66. The summed E-state index contributed by atoms with van der Waals surface area (Å²) in [6, 6.07) is 11.3. The van der Waals surface area contributed by atoms with Crippen molar-refractivity contribution in [1.29, 1.82) is 0 Å². The molecular weight excluding hydrogens is 402 g/mol. The Morgan fingerprint density at radius 1 is 1.22 bits per heavy atom. The van der Waals surface area contributed by atoms with E-state index in [4.69, 9.17) is 5.14 Å². The van der Waals surface area contributed by atoms with Gasteiger partial charge in [-0.3, -0.25) is 10.1 Å². The number of sulfonamides is 1. The highest BCUT2D eigenvalue weighted by Crippen LogP contribution is 2.28. The van der Waals surface area contributed by atoms with Crippen molar-refractivity contribution in [2.45, 2.75) is 4.90 Å². The van der Waals surface area contributed by atoms with Gasteiger partial charge in [0.05, 0.1) is 15.1 Å². The summed E-state index contributed by atoms with van der Waals surface area (Å²) in [6.45, 7) is 0. The summed E-state index contributed by atoms with van der Waals surface area (Å²) in [5.74, 6) is -0.294. The van der Waals surface area contributed by atoms with E-state index in [9.17, 15) is 13.2 Å². The minimum Gasteiger partial charge on any atom is -0.298 e. The van der Waals surface area contributed by atoms with E-state index in [-0.39, 0.29) is 10.8 Å². The van der Waals surface area contributed by atoms with Gasteiger partial charge in [0.15, 0.2) is 5.13 Å². The van der Waals surface area contributed by atoms with Gasteiger partial charge in [0, 0.05) is 10.0 Å². The third-order valence-corrected chi connectivity index (χ3v) is 5.33. The average Bonchev–Trinajstić information content (AvgIpc) is 2.87. The van der Waals surface area contributed by atoms with Crippen molar-refractivity contribution >= 4 is 58.5 Å². The standard InChI is InChI=1S/C14H10BrN3O3S2/c15-9-3-1-2-8(6-9)13(19)18-14-17-11-5-4-10(23(16,20)21)7-12(11)22-14/h1-7H,(H2,16,20,21)(H,17,18,19). The number of anilines is 1. The SMILES string of the molecule is NS(=O)(=O)c1ccc2nc(NC(=O)c3cccc(Br)c3)sc2c1. The van der Waals surface area contributed by atoms with E-state index in [0.717, 1.165) is 4.47 Å². The summed E-state index contributed by atoms with van der Waals surface area (Å²) in [4.78, 5) is 16.5. The molecule has 1 aromatic heterocycles. The maximum absolute atomic E-state index is 12.2. The Morgan fingerprint density at radius 2 is 2.00 bits per heavy atom. The van der Waals surface area contributed by atoms with Crippen LogP contribution in [-0.2, 0) is 10.0 Å². The number of amides is 1. The quantitative estimate of drug-likeness (QED) is 0.691. The van der Waals surface area contributed by atoms with E-state index < -0.39 is 10.0 Å². The Morgan fingerprint density at radius 3 is 2.70 bits per heavy atom. The van der Waals surface area contributed by atoms with Crippen molar-refractivity contribution in [3.05, 3.63) is 52.5 Å². The monoisotopic (exact) mass is 411 g/mol. The van der Waals surface area contributed by atoms with Gasteiger partial charge in [-0.15, -0.1) is 0 Å². The number of nitrogens with zero attached hydrogens (tertiary/aromatic N) is 1. The van der Waals surface area contributed by atoms with Gasteiger partial charge in [-0.2, -0.15) is 0 Å². The molecule has 3 aromatic rings. The van der Waals surface area contributed by atoms with Crippen LogP contribution in [-0.4, -0.2) is 19.3 Å². The number of aromatic nitrogens is 1. The van der Waals surface area contributed by atoms with Crippen LogP contribution >= 0.6 is 27.3 Å². The zero-order chi connectivity index (χ0) is 16.6. The molecular formula is C14H10BrN3O3S2. The van der Waals surface area contributed by atoms with Gasteiger partial charge in [0.2, 0.25) is 10.0 Å². The lowest BCUT2D eigenvalue weighted by atomic mass is 10.2. The predicted molar refractivity (Wildman–Crippen MR) is 93.1 cm³/mol. The van der Waals surface area contributed by atoms with E-state index in [1.54, 1.807) is 24.3 Å². The van der Waals surface area contributed by atoms with Gasteiger partial charge >= 0.3 is 0 Å². The van der Waals surface area contributed by atoms with Crippen LogP contribution in [0.15, 0.2) is 51.8 Å². The Balaban J connectivity index is 1.90. The molecule has 2 aromatic carbocycles. The van der Waals surface area contributed by atoms with Gasteiger partial charge in [-0.25, -0.2) is 18.5 Å². The molecule has 1 heterocycles. The van der Waals surface area contributed by atoms with Crippen LogP contribution in [0.25, 0.3) is 10.2 Å². The first kappa shape index (κ1) is 16.1. The maximum atomic E-state index is 12.2. The topological polar surface area (TPSA) is 102 Å². The molecule has 3 N–H and O–H groups in total. The van der Waals surface area contributed by atoms with E-state index in [1.807, 2.05) is 6.07 Å². The minimum atomic E-state index is -3.77. The number of carbonyl (C=O) groups excluding carboxylic acids is 1. The minimum absolute atomic E-state index is 0.0125. The Bertz CT molecular complexity index is 1020. The lowest BCUT2D eigenvalue weighted by molar-refractivity contribution is 0.102. The summed E-state index contributed by atoms with van der Waals surface area (Å²) in [7, 11) is -3.77. The van der Waals surface area contributed by atoms with Gasteiger partial charge in [0.25, 0.3) is 5.91 Å². The molecule has 0 bridgehead atoms. The van der Waals surface area contributed by atoms with Gasteiger partial charge < -0.3 is 0 Å². The second kappa shape index (κ2) is 6.00. The number of thiazole rings is 1. The molecule has 0 radical (unpaired) electrons. The number of carbonyl (C=O) groups is 1. The molecule has 0 aliphatic rings. The zero-order valence-electron chi connectivity index (χ0n) is 11.5. The molecule has 0 saturated heterocycles. The Kier molecular flexibility index (Phi) is 4.19. The third-order valence-electron chi connectivity index (χ3n) is 3.00. The van der Waals surface area contributed by atoms with Crippen LogP contribution in [0.3, 0.4) is 0 Å². The Hall–Kier alpha value is -1.81. The number of primary sulfonamides is 1. The molecule has 9 heteroatoms. The van der Waals surface area contributed by atoms with Crippen LogP contribution in [0.1, 0.15) is 10.4 Å². The maximum Gasteiger partial charge on any atom is 0.257 e. The summed E-state index contributed by atoms with van der Waals surface area (Å²) >= 11 is 4.49. The van der Waals surface area contributed by atoms with Crippen LogP contribution in [0, 0.1) is 0 Å². The summed E-state index contributed by atoms with van der Waals surface area (Å²) < 4.78 is 24.2. The number of hydrogen-bond acceptors (Lipinski definition) is 5. The first-order valence-corrected chi connectivity index (χ1v) is 9.49. The number of nitrogens with two attached hydrogens (primary N) is 1. The van der Waals surface area contributed by atoms with Crippen LogP contribution in [0.5, 0.6) is 0 Å². The molecule has 3 rings (SSSR count). The number of fused-ring (bicyclic) bond motifs is 1. The zero-order valence-corrected chi connectivity index (χ0v) is 14.7. The van der Waals surface area contributed by atoms with Crippen molar-refractivity contribution < 1.29 is 13.2 Å². The van der Waals surface area contributed by atoms with Crippen LogP contribution in [0.4, 0.5) is 5.13 Å². The van der Waals surface area contributed by atoms with Crippen molar-refractivity contribution in [2.75, 3.05) is 5.32 Å². The van der Waals surface area contributed by atoms with Gasteiger partial charge in [-0.05, 0) is 36.4 Å². The summed E-state index contributed by atoms with van der Waals surface area (Å²) in [6.07, 6.45) is 0. The smallest absolute Gasteiger partial charge is 0.257 e. The average molecular weight is 412 g/mol. The van der Waals surface area contributed by atoms with Crippen molar-refractivity contribution in [1.82, 2.24) is 4.98 Å². The van der Waals surface area contributed by atoms with Crippen molar-refractivity contribution in [2.24, 2.45) is 5.14 Å². The van der Waals surface area contributed by atoms with E-state index in [1.165, 1.54) is 23.5 Å². The number of nitrogens with one attached hydrogen (secondary N) is 1. The van der Waals surface area contributed by atoms with E-state index in [2.05, 4.69) is 26.2 Å². The van der Waals surface area contributed by atoms with Crippen LogP contribution in [0.2, 0.25) is 0 Å². The molecule has 0 spiro atoms. The molecule has 0 aliphatic heterocycles. The first-order chi connectivity index (χ1) is 10.8. The fraction of sp³-hybridized carbons (Fsp3) is 0. The molecule has 23 heavy (non-hydrogen) atoms. The number of hydrogen-bond donors (Lipinski definition) is 2. The largest absolute Gasteiger partial charge is 0.298 e. The molecule has 6 nitrogen and oxygen atoms in total. The highest BCUT2D eigenvalue weighted by Gasteiger charge is 2.13. The molecule has 0 fully saturated rings. The number of benzene rings is 2. The lowest BCUT2D eigenvalue weighted by Gasteiger charge is -2.01. The molecule has 0 aliphatic carbocycles. The normalized spacial score (nSPS) is 11.6. The molecule has 0 atom stereocenters. The highest BCUT2D eigenvalue weighted by molar-refractivity contribution is 9.10. The Labute approximate surface area is 144 Å². The second-order valence-corrected chi connectivity index (χ2v) is 8.17. The molecule has 1 amide bonds.